The molecule has 0 radical (unpaired) electrons. The molecule has 6 unspecified atom stereocenters. The van der Waals surface area contributed by atoms with Crippen molar-refractivity contribution >= 4 is 73.8 Å². The molecule has 2 amide bonds. The maximum atomic E-state index is 13.2. The van der Waals surface area contributed by atoms with Crippen LogP contribution in [-0.4, -0.2) is 94.3 Å². The highest BCUT2D eigenvalue weighted by atomic mass is 32.1. The van der Waals surface area contributed by atoms with Gasteiger partial charge in [0, 0.05) is 9.75 Å². The van der Waals surface area contributed by atoms with Crippen LogP contribution < -0.4 is 16.0 Å². The van der Waals surface area contributed by atoms with Gasteiger partial charge in [0.25, 0.3) is 17.9 Å². The second-order valence-electron chi connectivity index (χ2n) is 12.9. The van der Waals surface area contributed by atoms with Crippen molar-refractivity contribution in [1.82, 2.24) is 16.0 Å². The summed E-state index contributed by atoms with van der Waals surface area (Å²) in [4.78, 5) is 66.7. The molecule has 50 heavy (non-hydrogen) atoms. The molecule has 3 N–H and O–H groups in total. The molecule has 4 aliphatic rings. The van der Waals surface area contributed by atoms with Crippen LogP contribution in [0.5, 0.6) is 0 Å². The van der Waals surface area contributed by atoms with E-state index in [2.05, 4.69) is 16.0 Å². The molecule has 0 saturated carbocycles. The van der Waals surface area contributed by atoms with Crippen molar-refractivity contribution in [3.05, 3.63) is 44.8 Å². The lowest BCUT2D eigenvalue weighted by Gasteiger charge is -2.36. The summed E-state index contributed by atoms with van der Waals surface area (Å²) >= 11 is 2.92. The monoisotopic (exact) mass is 727 g/mol. The highest BCUT2D eigenvalue weighted by Gasteiger charge is 2.47. The van der Waals surface area contributed by atoms with Gasteiger partial charge in [-0.25, -0.2) is 0 Å². The first-order valence-electron chi connectivity index (χ1n) is 17.1. The third kappa shape index (κ3) is 10.2. The predicted molar refractivity (Wildman–Crippen MR) is 184 cm³/mol. The number of carbonyl (C=O) groups is 5. The van der Waals surface area contributed by atoms with Crippen molar-refractivity contribution < 1.29 is 51.9 Å². The summed E-state index contributed by atoms with van der Waals surface area (Å²) < 4.78 is 35.8. The molecule has 266 valence electrons. The maximum Gasteiger partial charge on any atom is 0.551 e. The summed E-state index contributed by atoms with van der Waals surface area (Å²) in [5, 5.41) is 12.9. The van der Waals surface area contributed by atoms with E-state index in [0.29, 0.717) is 32.1 Å². The van der Waals surface area contributed by atoms with Gasteiger partial charge in [-0.1, -0.05) is 12.1 Å². The Morgan fingerprint density at radius 2 is 1.02 bits per heavy atom. The third-order valence-electron chi connectivity index (χ3n) is 9.18. The van der Waals surface area contributed by atoms with E-state index in [1.54, 1.807) is 7.05 Å². The van der Waals surface area contributed by atoms with E-state index in [1.165, 1.54) is 22.7 Å². The van der Waals surface area contributed by atoms with Crippen molar-refractivity contribution in [1.29, 1.82) is 0 Å². The molecule has 6 atom stereocenters. The zero-order valence-electron chi connectivity index (χ0n) is 27.7. The lowest BCUT2D eigenvalue weighted by molar-refractivity contribution is -0.143. The molecule has 19 heteroatoms. The molecule has 4 fully saturated rings. The highest BCUT2D eigenvalue weighted by molar-refractivity contribution is 7.10. The second-order valence-corrected chi connectivity index (χ2v) is 15.0. The van der Waals surface area contributed by atoms with Crippen molar-refractivity contribution in [2.75, 3.05) is 7.05 Å². The molecule has 4 aliphatic heterocycles. The van der Waals surface area contributed by atoms with Gasteiger partial charge >= 0.3 is 21.4 Å². The molecule has 0 aliphatic carbocycles. The summed E-state index contributed by atoms with van der Waals surface area (Å²) in [5.41, 5.74) is 0. The molecule has 0 spiro atoms. The molecule has 6 heterocycles. The summed E-state index contributed by atoms with van der Waals surface area (Å²) in [7, 11) is -1.35. The quantitative estimate of drug-likeness (QED) is 0.352. The fourth-order valence-corrected chi connectivity index (χ4v) is 8.06. The van der Waals surface area contributed by atoms with Gasteiger partial charge in [0.2, 0.25) is 11.8 Å². The van der Waals surface area contributed by atoms with Crippen LogP contribution in [0.2, 0.25) is 0 Å². The van der Waals surface area contributed by atoms with E-state index in [0.717, 1.165) is 9.75 Å². The van der Waals surface area contributed by atoms with Gasteiger partial charge in [-0.2, -0.15) is 0 Å². The third-order valence-corrected chi connectivity index (χ3v) is 10.9. The van der Waals surface area contributed by atoms with E-state index < -0.39 is 75.4 Å². The van der Waals surface area contributed by atoms with Gasteiger partial charge < -0.3 is 43.9 Å². The number of thiophene rings is 2. The Morgan fingerprint density at radius 1 is 0.640 bits per heavy atom. The molecule has 2 aromatic heterocycles. The van der Waals surface area contributed by atoms with Gasteiger partial charge in [-0.15, -0.1) is 22.7 Å². The normalized spacial score (nSPS) is 28.0. The van der Waals surface area contributed by atoms with Crippen molar-refractivity contribution in [2.24, 2.45) is 0 Å². The minimum Gasteiger partial charge on any atom is -0.508 e. The van der Waals surface area contributed by atoms with Gasteiger partial charge in [0.15, 0.2) is 0 Å². The Hall–Kier alpha value is -3.22. The molecular formula is C31H40B3N3O11S2. The van der Waals surface area contributed by atoms with Crippen molar-refractivity contribution in [3.8, 4) is 0 Å². The van der Waals surface area contributed by atoms with Crippen LogP contribution in [-0.2, 0) is 64.7 Å². The Bertz CT molecular complexity index is 1440. The standard InChI is InChI=1S/C31H40B3N3O11S2/c1-35-24-9-6-19-14-30(41)47-33(44-19)26(37-28(39)18-23-5-3-13-50-23)11-8-21-16-31(42)48-34(45-21)25(36-27(38)17-22-4-2-12-49-22)10-7-20-15-29(40)46-32(24)43-20/h2-5,12-13,19-21,24-26,35H,6-11,14-18H2,1H3,(H,36,38)(H,37,39). The van der Waals surface area contributed by atoms with Crippen LogP contribution in [0.3, 0.4) is 0 Å². The molecule has 4 saturated heterocycles. The van der Waals surface area contributed by atoms with Gasteiger partial charge in [-0.3, -0.25) is 24.0 Å². The fourth-order valence-electron chi connectivity index (χ4n) is 6.65. The van der Waals surface area contributed by atoms with Crippen molar-refractivity contribution in [2.45, 2.75) is 107 Å². The van der Waals surface area contributed by atoms with Crippen LogP contribution in [0, 0.1) is 0 Å². The first-order chi connectivity index (χ1) is 24.2. The number of hydrogen-bond acceptors (Lipinski definition) is 14. The lowest BCUT2D eigenvalue weighted by atomic mass is 9.70. The summed E-state index contributed by atoms with van der Waals surface area (Å²) in [6.45, 7) is 0. The predicted octanol–water partition coefficient (Wildman–Crippen LogP) is 1.59. The number of rotatable bonds is 7. The summed E-state index contributed by atoms with van der Waals surface area (Å²) in [5.74, 6) is -3.79. The first kappa shape index (κ1) is 36.6. The smallest absolute Gasteiger partial charge is 0.508 e. The van der Waals surface area contributed by atoms with Crippen LogP contribution in [0.25, 0.3) is 0 Å². The van der Waals surface area contributed by atoms with Crippen LogP contribution in [0.15, 0.2) is 35.0 Å². The molecule has 0 aromatic carbocycles. The van der Waals surface area contributed by atoms with Crippen molar-refractivity contribution in [3.63, 3.8) is 0 Å². The van der Waals surface area contributed by atoms with Crippen LogP contribution in [0.1, 0.15) is 67.5 Å². The minimum atomic E-state index is -1.11. The largest absolute Gasteiger partial charge is 0.551 e. The van der Waals surface area contributed by atoms with E-state index in [9.17, 15) is 24.0 Å². The number of fused-ring (bicyclic) bond motifs is 6. The molecular weight excluding hydrogens is 687 g/mol. The van der Waals surface area contributed by atoms with Gasteiger partial charge in [-0.05, 0) is 68.5 Å². The number of amides is 2. The lowest BCUT2D eigenvalue weighted by Crippen LogP contribution is -2.57. The van der Waals surface area contributed by atoms with Gasteiger partial charge in [0.05, 0.1) is 68.2 Å². The van der Waals surface area contributed by atoms with E-state index in [-0.39, 0.29) is 50.3 Å². The zero-order valence-corrected chi connectivity index (χ0v) is 29.4. The number of nitrogens with one attached hydrogen (secondary N) is 3. The first-order valence-corrected chi connectivity index (χ1v) is 18.8. The van der Waals surface area contributed by atoms with Crippen LogP contribution >= 0.6 is 22.7 Å². The molecule has 6 bridgehead atoms. The Morgan fingerprint density at radius 3 is 1.38 bits per heavy atom. The van der Waals surface area contributed by atoms with Gasteiger partial charge in [0.1, 0.15) is 0 Å². The molecule has 2 aromatic rings. The van der Waals surface area contributed by atoms with E-state index in [1.807, 2.05) is 35.0 Å². The molecule has 6 rings (SSSR count). The van der Waals surface area contributed by atoms with E-state index >= 15 is 0 Å². The van der Waals surface area contributed by atoms with E-state index in [4.69, 9.17) is 27.9 Å². The topological polar surface area (TPSA) is 177 Å². The zero-order chi connectivity index (χ0) is 35.0. The fraction of sp³-hybridized carbons (Fsp3) is 0.581. The summed E-state index contributed by atoms with van der Waals surface area (Å²) in [6, 6.07) is 7.47. The minimum absolute atomic E-state index is 0.0234. The summed E-state index contributed by atoms with van der Waals surface area (Å²) in [6.07, 6.45) is 0.729. The average molecular weight is 727 g/mol. The molecule has 14 nitrogen and oxygen atoms in total. The highest BCUT2D eigenvalue weighted by Crippen LogP contribution is 2.27. The van der Waals surface area contributed by atoms with Crippen LogP contribution in [0.4, 0.5) is 0 Å². The second kappa shape index (κ2) is 17.3. The Labute approximate surface area is 299 Å². The SMILES string of the molecule is CNC1CCC2CC(=O)OB(O2)C(NC(=O)Cc2cccs2)CCC2CC(=O)OB(O2)C(NC(=O)Cc2cccs2)CCC2CC(=O)OB1O2. The maximum absolute atomic E-state index is 13.2. The Kier molecular flexibility index (Phi) is 12.7. The average Bonchev–Trinajstić information content (AvgIpc) is 3.79. The number of carbonyl (C=O) groups excluding carboxylic acids is 5. The Balaban J connectivity index is 1.24. The number of hydrogen-bond donors (Lipinski definition) is 3.